The van der Waals surface area contributed by atoms with E-state index < -0.39 is 0 Å². The molecule has 4 nitrogen and oxygen atoms in total. The third-order valence-corrected chi connectivity index (χ3v) is 3.87. The van der Waals surface area contributed by atoms with Crippen LogP contribution in [0.5, 0.6) is 11.5 Å². The number of aromatic hydroxyl groups is 2. The highest BCUT2D eigenvalue weighted by atomic mass is 35.5. The number of halogens is 2. The molecule has 0 spiro atoms. The molecule has 0 radical (unpaired) electrons. The molecule has 0 aliphatic rings. The Kier molecular flexibility index (Phi) is 4.69. The molecule has 4 N–H and O–H groups in total. The molecule has 0 fully saturated rings. The minimum absolute atomic E-state index is 0.215. The van der Waals surface area contributed by atoms with Gasteiger partial charge in [0.15, 0.2) is 11.5 Å². The van der Waals surface area contributed by atoms with Crippen LogP contribution in [0.25, 0.3) is 0 Å². The van der Waals surface area contributed by atoms with Crippen molar-refractivity contribution in [2.45, 2.75) is 0 Å². The minimum Gasteiger partial charge on any atom is -0.504 e. The van der Waals surface area contributed by atoms with Crippen molar-refractivity contribution in [3.63, 3.8) is 0 Å². The summed E-state index contributed by atoms with van der Waals surface area (Å²) in [6, 6.07) is 17.2. The van der Waals surface area contributed by atoms with Crippen molar-refractivity contribution in [2.24, 2.45) is 0 Å². The first-order chi connectivity index (χ1) is 11.5. The summed E-state index contributed by atoms with van der Waals surface area (Å²) in [6.45, 7) is 0. The molecule has 0 aromatic heterocycles. The van der Waals surface area contributed by atoms with Gasteiger partial charge in [-0.15, -0.1) is 0 Å². The van der Waals surface area contributed by atoms with Gasteiger partial charge in [-0.2, -0.15) is 0 Å². The second kappa shape index (κ2) is 6.91. The summed E-state index contributed by atoms with van der Waals surface area (Å²) in [5.74, 6) is -0.429. The molecule has 0 heterocycles. The van der Waals surface area contributed by atoms with Gasteiger partial charge in [0.1, 0.15) is 0 Å². The van der Waals surface area contributed by atoms with E-state index >= 15 is 0 Å². The lowest BCUT2D eigenvalue weighted by Crippen LogP contribution is -1.97. The molecule has 0 aliphatic carbocycles. The number of hydrogen-bond donors (Lipinski definition) is 4. The summed E-state index contributed by atoms with van der Waals surface area (Å²) in [4.78, 5) is 0. The number of nitrogens with one attached hydrogen (secondary N) is 2. The molecule has 0 saturated heterocycles. The van der Waals surface area contributed by atoms with Crippen LogP contribution < -0.4 is 10.6 Å². The molecule has 0 unspecified atom stereocenters. The van der Waals surface area contributed by atoms with Crippen LogP contribution in [0.4, 0.5) is 22.7 Å². The zero-order valence-corrected chi connectivity index (χ0v) is 13.9. The van der Waals surface area contributed by atoms with Crippen LogP contribution in [0.3, 0.4) is 0 Å². The van der Waals surface area contributed by atoms with E-state index in [-0.39, 0.29) is 11.5 Å². The zero-order valence-electron chi connectivity index (χ0n) is 12.4. The molecule has 0 amide bonds. The van der Waals surface area contributed by atoms with Gasteiger partial charge in [-0.3, -0.25) is 0 Å². The second-order valence-corrected chi connectivity index (χ2v) is 6.02. The molecule has 0 aliphatic heterocycles. The topological polar surface area (TPSA) is 64.5 Å². The van der Waals surface area contributed by atoms with E-state index in [4.69, 9.17) is 23.2 Å². The maximum atomic E-state index is 9.79. The number of hydrogen-bond acceptors (Lipinski definition) is 4. The number of benzene rings is 3. The maximum absolute atomic E-state index is 9.79. The largest absolute Gasteiger partial charge is 0.504 e. The molecular formula is C18H14Cl2N2O2. The Morgan fingerprint density at radius 3 is 1.25 bits per heavy atom. The van der Waals surface area contributed by atoms with Gasteiger partial charge in [0.25, 0.3) is 0 Å². The Labute approximate surface area is 149 Å². The summed E-state index contributed by atoms with van der Waals surface area (Å²) in [5, 5.41) is 27.2. The molecule has 6 heteroatoms. The highest BCUT2D eigenvalue weighted by Crippen LogP contribution is 2.38. The van der Waals surface area contributed by atoms with Crippen molar-refractivity contribution in [1.29, 1.82) is 0 Å². The van der Waals surface area contributed by atoms with E-state index in [1.807, 2.05) is 24.3 Å². The van der Waals surface area contributed by atoms with Crippen LogP contribution in [0, 0.1) is 0 Å². The Morgan fingerprint density at radius 1 is 0.583 bits per heavy atom. The average Bonchev–Trinajstić information content (AvgIpc) is 2.56. The van der Waals surface area contributed by atoms with Gasteiger partial charge in [-0.05, 0) is 48.5 Å². The lowest BCUT2D eigenvalue weighted by Gasteiger charge is -2.15. The first-order valence-corrected chi connectivity index (χ1v) is 7.88. The molecule has 3 aromatic rings. The van der Waals surface area contributed by atoms with Crippen molar-refractivity contribution in [2.75, 3.05) is 10.6 Å². The lowest BCUT2D eigenvalue weighted by atomic mass is 10.2. The molecule has 122 valence electrons. The predicted octanol–water partition coefficient (Wildman–Crippen LogP) is 5.89. The minimum atomic E-state index is -0.215. The summed E-state index contributed by atoms with van der Waals surface area (Å²) < 4.78 is 0. The van der Waals surface area contributed by atoms with Crippen molar-refractivity contribution in [3.05, 3.63) is 70.7 Å². The Balaban J connectivity index is 1.93. The number of rotatable bonds is 4. The normalized spacial score (nSPS) is 10.4. The third-order valence-electron chi connectivity index (χ3n) is 3.36. The van der Waals surface area contributed by atoms with Crippen LogP contribution >= 0.6 is 23.2 Å². The van der Waals surface area contributed by atoms with Gasteiger partial charge in [-0.25, -0.2) is 0 Å². The third kappa shape index (κ3) is 3.85. The van der Waals surface area contributed by atoms with Crippen LogP contribution in [0.15, 0.2) is 60.7 Å². The van der Waals surface area contributed by atoms with Crippen LogP contribution in [-0.4, -0.2) is 10.2 Å². The Morgan fingerprint density at radius 2 is 0.917 bits per heavy atom. The smallest absolute Gasteiger partial charge is 0.159 e. The van der Waals surface area contributed by atoms with Gasteiger partial charge in [-0.1, -0.05) is 23.2 Å². The molecule has 24 heavy (non-hydrogen) atoms. The highest BCUT2D eigenvalue weighted by Gasteiger charge is 2.10. The van der Waals surface area contributed by atoms with E-state index in [1.54, 1.807) is 24.3 Å². The number of phenols is 2. The summed E-state index contributed by atoms with van der Waals surface area (Å²) in [5.41, 5.74) is 2.79. The highest BCUT2D eigenvalue weighted by molar-refractivity contribution is 6.30. The van der Waals surface area contributed by atoms with Crippen LogP contribution in [0.1, 0.15) is 0 Å². The maximum Gasteiger partial charge on any atom is 0.159 e. The number of anilines is 4. The average molecular weight is 361 g/mol. The van der Waals surface area contributed by atoms with Crippen molar-refractivity contribution in [3.8, 4) is 11.5 Å². The molecular weight excluding hydrogens is 347 g/mol. The first-order valence-electron chi connectivity index (χ1n) is 7.12. The van der Waals surface area contributed by atoms with E-state index in [2.05, 4.69) is 10.6 Å². The molecule has 0 bridgehead atoms. The second-order valence-electron chi connectivity index (χ2n) is 5.15. The summed E-state index contributed by atoms with van der Waals surface area (Å²) in [6.07, 6.45) is 0. The standard InChI is InChI=1S/C18H14Cl2N2O2/c19-11-1-5-13(6-2-11)21-15-9-17(23)18(24)10-16(15)22-14-7-3-12(20)4-8-14/h1-10,21-24H. The monoisotopic (exact) mass is 360 g/mol. The summed E-state index contributed by atoms with van der Waals surface area (Å²) >= 11 is 11.8. The fourth-order valence-electron chi connectivity index (χ4n) is 2.16. The van der Waals surface area contributed by atoms with Gasteiger partial charge in [0, 0.05) is 33.6 Å². The van der Waals surface area contributed by atoms with Crippen LogP contribution in [-0.2, 0) is 0 Å². The summed E-state index contributed by atoms with van der Waals surface area (Å²) in [7, 11) is 0. The van der Waals surface area contributed by atoms with Gasteiger partial charge in [0.2, 0.25) is 0 Å². The van der Waals surface area contributed by atoms with E-state index in [9.17, 15) is 10.2 Å². The van der Waals surface area contributed by atoms with Crippen molar-refractivity contribution < 1.29 is 10.2 Å². The van der Waals surface area contributed by atoms with E-state index in [0.29, 0.717) is 21.4 Å². The Hall–Kier alpha value is -2.56. The molecule has 3 rings (SSSR count). The van der Waals surface area contributed by atoms with Gasteiger partial charge in [0.05, 0.1) is 11.4 Å². The van der Waals surface area contributed by atoms with Crippen molar-refractivity contribution >= 4 is 46.0 Å². The lowest BCUT2D eigenvalue weighted by molar-refractivity contribution is 0.404. The van der Waals surface area contributed by atoms with E-state index in [1.165, 1.54) is 12.1 Å². The fraction of sp³-hybridized carbons (Fsp3) is 0. The van der Waals surface area contributed by atoms with Gasteiger partial charge >= 0.3 is 0 Å². The van der Waals surface area contributed by atoms with Crippen LogP contribution in [0.2, 0.25) is 10.0 Å². The Bertz CT molecular complexity index is 778. The van der Waals surface area contributed by atoms with Gasteiger partial charge < -0.3 is 20.8 Å². The first kappa shape index (κ1) is 16.3. The van der Waals surface area contributed by atoms with E-state index in [0.717, 1.165) is 11.4 Å². The number of phenolic OH excluding ortho intramolecular Hbond substituents is 2. The zero-order chi connectivity index (χ0) is 17.1. The molecule has 0 atom stereocenters. The molecule has 3 aromatic carbocycles. The molecule has 0 saturated carbocycles. The SMILES string of the molecule is Oc1cc(Nc2ccc(Cl)cc2)c(Nc2ccc(Cl)cc2)cc1O. The van der Waals surface area contributed by atoms with Crippen molar-refractivity contribution in [1.82, 2.24) is 0 Å². The quantitative estimate of drug-likeness (QED) is 0.346. The fourth-order valence-corrected chi connectivity index (χ4v) is 2.41. The predicted molar refractivity (Wildman–Crippen MR) is 99.2 cm³/mol.